The summed E-state index contributed by atoms with van der Waals surface area (Å²) in [6, 6.07) is 12.6. The van der Waals surface area contributed by atoms with Gasteiger partial charge in [0.05, 0.1) is 12.2 Å². The third kappa shape index (κ3) is 4.83. The molecule has 0 saturated carbocycles. The molecule has 3 N–H and O–H groups in total. The van der Waals surface area contributed by atoms with Crippen LogP contribution in [0.4, 0.5) is 22.0 Å². The Labute approximate surface area is 173 Å². The van der Waals surface area contributed by atoms with Crippen molar-refractivity contribution in [2.45, 2.75) is 12.3 Å². The predicted octanol–water partition coefficient (Wildman–Crippen LogP) is 4.86. The smallest absolute Gasteiger partial charge is 0.416 e. The fourth-order valence-corrected chi connectivity index (χ4v) is 2.98. The number of primary amides is 1. The van der Waals surface area contributed by atoms with Gasteiger partial charge in [0.15, 0.2) is 11.6 Å². The Balaban J connectivity index is 1.91. The van der Waals surface area contributed by atoms with Gasteiger partial charge < -0.3 is 15.6 Å². The van der Waals surface area contributed by atoms with Crippen molar-refractivity contribution >= 4 is 5.91 Å². The zero-order chi connectivity index (χ0) is 22.8. The molecule has 31 heavy (non-hydrogen) atoms. The molecular weight excluding hydrogens is 421 g/mol. The summed E-state index contributed by atoms with van der Waals surface area (Å²) in [7, 11) is 0. The van der Waals surface area contributed by atoms with Gasteiger partial charge >= 0.3 is 6.18 Å². The van der Waals surface area contributed by atoms with E-state index in [2.05, 4.69) is 0 Å². The van der Waals surface area contributed by atoms with Crippen molar-refractivity contribution in [3.8, 4) is 16.9 Å². The minimum atomic E-state index is -4.46. The maximum absolute atomic E-state index is 14.4. The zero-order valence-corrected chi connectivity index (χ0v) is 15.8. The van der Waals surface area contributed by atoms with E-state index in [1.807, 2.05) is 0 Å². The number of nitrogens with two attached hydrogens (primary N) is 1. The minimum Gasteiger partial charge on any atom is -0.480 e. The van der Waals surface area contributed by atoms with E-state index in [0.717, 1.165) is 24.3 Å². The summed E-state index contributed by atoms with van der Waals surface area (Å²) < 4.78 is 71.8. The Morgan fingerprint density at radius 3 is 2.26 bits per heavy atom. The second-order valence-electron chi connectivity index (χ2n) is 6.59. The molecule has 0 aromatic heterocycles. The number of hydrogen-bond acceptors (Lipinski definition) is 3. The van der Waals surface area contributed by atoms with Crippen molar-refractivity contribution in [2.75, 3.05) is 6.61 Å². The van der Waals surface area contributed by atoms with Crippen molar-refractivity contribution < 1.29 is 36.6 Å². The lowest BCUT2D eigenvalue weighted by Gasteiger charge is -2.19. The van der Waals surface area contributed by atoms with Crippen molar-refractivity contribution in [2.24, 2.45) is 5.73 Å². The van der Waals surface area contributed by atoms with Gasteiger partial charge in [-0.25, -0.2) is 8.78 Å². The molecule has 0 bridgehead atoms. The molecule has 0 radical (unpaired) electrons. The molecule has 1 unspecified atom stereocenters. The van der Waals surface area contributed by atoms with Crippen LogP contribution in [0.25, 0.3) is 11.1 Å². The quantitative estimate of drug-likeness (QED) is 0.541. The molecule has 0 aliphatic carbocycles. The highest BCUT2D eigenvalue weighted by Gasteiger charge is 2.30. The number of aliphatic hydroxyl groups is 1. The van der Waals surface area contributed by atoms with Crippen LogP contribution in [-0.4, -0.2) is 17.6 Å². The zero-order valence-electron chi connectivity index (χ0n) is 15.8. The number of hydrogen-bond donors (Lipinski definition) is 2. The van der Waals surface area contributed by atoms with Crippen LogP contribution in [0.15, 0.2) is 60.7 Å². The summed E-state index contributed by atoms with van der Waals surface area (Å²) in [4.78, 5) is 11.3. The molecule has 9 heteroatoms. The summed E-state index contributed by atoms with van der Waals surface area (Å²) >= 11 is 0. The Kier molecular flexibility index (Phi) is 6.26. The molecule has 0 aliphatic heterocycles. The third-order valence-electron chi connectivity index (χ3n) is 4.54. The molecular formula is C22H16F5NO3. The van der Waals surface area contributed by atoms with E-state index in [-0.39, 0.29) is 0 Å². The van der Waals surface area contributed by atoms with Crippen molar-refractivity contribution in [1.29, 1.82) is 0 Å². The van der Waals surface area contributed by atoms with E-state index < -0.39 is 53.3 Å². The average molecular weight is 437 g/mol. The molecule has 1 amide bonds. The monoisotopic (exact) mass is 437 g/mol. The van der Waals surface area contributed by atoms with Gasteiger partial charge in [0.25, 0.3) is 5.91 Å². The molecule has 162 valence electrons. The second-order valence-corrected chi connectivity index (χ2v) is 6.59. The van der Waals surface area contributed by atoms with Crippen molar-refractivity contribution in [3.05, 3.63) is 89.0 Å². The van der Waals surface area contributed by atoms with E-state index in [4.69, 9.17) is 10.5 Å². The van der Waals surface area contributed by atoms with Gasteiger partial charge in [-0.05, 0) is 47.0 Å². The first-order valence-corrected chi connectivity index (χ1v) is 8.94. The maximum atomic E-state index is 14.4. The van der Waals surface area contributed by atoms with Crippen LogP contribution in [0.1, 0.15) is 27.6 Å². The largest absolute Gasteiger partial charge is 0.480 e. The lowest BCUT2D eigenvalue weighted by Crippen LogP contribution is -2.18. The first-order chi connectivity index (χ1) is 14.6. The van der Waals surface area contributed by atoms with Crippen LogP contribution in [-0.2, 0) is 6.18 Å². The Hall–Kier alpha value is -3.46. The van der Waals surface area contributed by atoms with E-state index in [9.17, 15) is 31.9 Å². The highest BCUT2D eigenvalue weighted by atomic mass is 19.4. The number of carbonyl (C=O) groups is 1. The first-order valence-electron chi connectivity index (χ1n) is 8.94. The number of alkyl halides is 3. The molecule has 1 atom stereocenters. The van der Waals surface area contributed by atoms with Crippen LogP contribution < -0.4 is 10.5 Å². The van der Waals surface area contributed by atoms with Gasteiger partial charge in [-0.3, -0.25) is 4.79 Å². The Morgan fingerprint density at radius 2 is 1.68 bits per heavy atom. The molecule has 3 aromatic rings. The Morgan fingerprint density at radius 1 is 1.00 bits per heavy atom. The number of benzene rings is 3. The molecule has 3 aromatic carbocycles. The van der Waals surface area contributed by atoms with Crippen molar-refractivity contribution in [1.82, 2.24) is 0 Å². The van der Waals surface area contributed by atoms with Gasteiger partial charge in [0.1, 0.15) is 17.5 Å². The van der Waals surface area contributed by atoms with Gasteiger partial charge in [0, 0.05) is 0 Å². The number of halogens is 5. The summed E-state index contributed by atoms with van der Waals surface area (Å²) in [5.74, 6) is -4.26. The fourth-order valence-electron chi connectivity index (χ4n) is 2.98. The summed E-state index contributed by atoms with van der Waals surface area (Å²) in [5, 5.41) is 9.71. The van der Waals surface area contributed by atoms with Crippen molar-refractivity contribution in [3.63, 3.8) is 0 Å². The summed E-state index contributed by atoms with van der Waals surface area (Å²) in [6.07, 6.45) is -5.56. The number of ether oxygens (including phenoxy) is 1. The van der Waals surface area contributed by atoms with Gasteiger partial charge in [-0.1, -0.05) is 30.3 Å². The standard InChI is InChI=1S/C22H16F5NO3/c23-16-8-9-17(20(24)19(16)21(28)30)31-18(11-29)14-3-1-2-13(10-14)12-4-6-15(7-5-12)22(25,26)27/h1-10,18,29H,11H2,(H2,28,30). The highest BCUT2D eigenvalue weighted by Crippen LogP contribution is 2.33. The molecule has 0 heterocycles. The molecule has 0 saturated heterocycles. The molecule has 0 aliphatic rings. The number of rotatable bonds is 6. The predicted molar refractivity (Wildman–Crippen MR) is 102 cm³/mol. The first kappa shape index (κ1) is 22.2. The number of aliphatic hydroxyl groups excluding tert-OH is 1. The molecule has 0 spiro atoms. The lowest BCUT2D eigenvalue weighted by molar-refractivity contribution is -0.137. The molecule has 4 nitrogen and oxygen atoms in total. The molecule has 0 fully saturated rings. The van der Waals surface area contributed by atoms with Gasteiger partial charge in [0.2, 0.25) is 0 Å². The summed E-state index contributed by atoms with van der Waals surface area (Å²) in [5.41, 5.74) is 4.62. The van der Waals surface area contributed by atoms with Crippen LogP contribution in [0.3, 0.4) is 0 Å². The number of carbonyl (C=O) groups excluding carboxylic acids is 1. The normalized spacial score (nSPS) is 12.5. The van der Waals surface area contributed by atoms with Crippen LogP contribution in [0.5, 0.6) is 5.75 Å². The highest BCUT2D eigenvalue weighted by molar-refractivity contribution is 5.93. The van der Waals surface area contributed by atoms with Gasteiger partial charge in [-0.15, -0.1) is 0 Å². The third-order valence-corrected chi connectivity index (χ3v) is 4.54. The van der Waals surface area contributed by atoms with Crippen LogP contribution in [0.2, 0.25) is 0 Å². The lowest BCUT2D eigenvalue weighted by atomic mass is 9.99. The minimum absolute atomic E-state index is 0.379. The van der Waals surface area contributed by atoms with E-state index in [0.29, 0.717) is 16.7 Å². The second kappa shape index (κ2) is 8.73. The van der Waals surface area contributed by atoms with E-state index in [1.165, 1.54) is 12.1 Å². The summed E-state index contributed by atoms with van der Waals surface area (Å²) in [6.45, 7) is -0.598. The number of amides is 1. The maximum Gasteiger partial charge on any atom is 0.416 e. The van der Waals surface area contributed by atoms with E-state index >= 15 is 0 Å². The van der Waals surface area contributed by atoms with E-state index in [1.54, 1.807) is 24.3 Å². The van der Waals surface area contributed by atoms with Crippen LogP contribution in [0, 0.1) is 11.6 Å². The average Bonchev–Trinajstić information content (AvgIpc) is 2.73. The Bertz CT molecular complexity index is 1100. The molecule has 3 rings (SSSR count). The fraction of sp³-hybridized carbons (Fsp3) is 0.136. The van der Waals surface area contributed by atoms with Gasteiger partial charge in [-0.2, -0.15) is 13.2 Å². The topological polar surface area (TPSA) is 72.6 Å². The van der Waals surface area contributed by atoms with Crippen LogP contribution >= 0.6 is 0 Å². The SMILES string of the molecule is NC(=O)c1c(F)ccc(OC(CO)c2cccc(-c3ccc(C(F)(F)F)cc3)c2)c1F.